The predicted molar refractivity (Wildman–Crippen MR) is 122 cm³/mol. The Hall–Kier alpha value is -2.94. The fourth-order valence-corrected chi connectivity index (χ4v) is 4.74. The summed E-state index contributed by atoms with van der Waals surface area (Å²) in [5.41, 5.74) is 0.353. The van der Waals surface area contributed by atoms with Gasteiger partial charge in [0.15, 0.2) is 5.75 Å². The highest BCUT2D eigenvalue weighted by Gasteiger charge is 2.24. The van der Waals surface area contributed by atoms with E-state index in [1.54, 1.807) is 38.1 Å². The zero-order valence-electron chi connectivity index (χ0n) is 17.5. The van der Waals surface area contributed by atoms with E-state index in [-0.39, 0.29) is 26.9 Å². The molecule has 0 unspecified atom stereocenters. The summed E-state index contributed by atoms with van der Waals surface area (Å²) in [7, 11) is -3.78. The first-order chi connectivity index (χ1) is 15.3. The first-order valence-corrected chi connectivity index (χ1v) is 11.7. The minimum absolute atomic E-state index is 0.00196. The van der Waals surface area contributed by atoms with Crippen molar-refractivity contribution in [3.05, 3.63) is 83.1 Å². The van der Waals surface area contributed by atoms with Crippen molar-refractivity contribution in [3.63, 3.8) is 0 Å². The van der Waals surface area contributed by atoms with E-state index in [2.05, 4.69) is 5.32 Å². The van der Waals surface area contributed by atoms with Crippen LogP contribution in [0.25, 0.3) is 0 Å². The van der Waals surface area contributed by atoms with Gasteiger partial charge in [0.25, 0.3) is 5.91 Å². The van der Waals surface area contributed by atoms with Crippen LogP contribution in [0.1, 0.15) is 24.2 Å². The molecule has 0 aliphatic carbocycles. The standard InChI is InChI=1S/C23H22ClFN2O4S/c1-3-27(4-2)32(29,30)18-13-14-22(31-17-11-9-16(25)10-12-17)21(15-18)26-23(28)19-7-5-6-8-20(19)24/h5-15H,3-4H2,1-2H3,(H,26,28). The van der Waals surface area contributed by atoms with E-state index >= 15 is 0 Å². The molecule has 0 aromatic heterocycles. The Morgan fingerprint density at radius 2 is 1.69 bits per heavy atom. The largest absolute Gasteiger partial charge is 0.455 e. The number of halogens is 2. The summed E-state index contributed by atoms with van der Waals surface area (Å²) in [6, 6.07) is 16.0. The highest BCUT2D eigenvalue weighted by molar-refractivity contribution is 7.89. The minimum Gasteiger partial charge on any atom is -0.455 e. The SMILES string of the molecule is CCN(CC)S(=O)(=O)c1ccc(Oc2ccc(F)cc2)c(NC(=O)c2ccccc2Cl)c1. The van der Waals surface area contributed by atoms with Gasteiger partial charge in [0.1, 0.15) is 11.6 Å². The van der Waals surface area contributed by atoms with Gasteiger partial charge in [-0.15, -0.1) is 0 Å². The van der Waals surface area contributed by atoms with Gasteiger partial charge in [-0.3, -0.25) is 4.79 Å². The zero-order valence-corrected chi connectivity index (χ0v) is 19.1. The molecule has 0 aliphatic rings. The number of rotatable bonds is 8. The van der Waals surface area contributed by atoms with Gasteiger partial charge in [0.2, 0.25) is 10.0 Å². The van der Waals surface area contributed by atoms with Gasteiger partial charge < -0.3 is 10.1 Å². The number of carbonyl (C=O) groups is 1. The maximum atomic E-state index is 13.2. The van der Waals surface area contributed by atoms with Gasteiger partial charge in [-0.2, -0.15) is 4.31 Å². The number of hydrogen-bond acceptors (Lipinski definition) is 4. The first kappa shape index (κ1) is 23.7. The molecular weight excluding hydrogens is 455 g/mol. The van der Waals surface area contributed by atoms with Crippen LogP contribution in [-0.2, 0) is 10.0 Å². The Kier molecular flexibility index (Phi) is 7.50. The average molecular weight is 477 g/mol. The molecule has 1 N–H and O–H groups in total. The van der Waals surface area contributed by atoms with Gasteiger partial charge in [-0.05, 0) is 54.6 Å². The Morgan fingerprint density at radius 3 is 2.31 bits per heavy atom. The lowest BCUT2D eigenvalue weighted by atomic mass is 10.2. The van der Waals surface area contributed by atoms with Gasteiger partial charge in [-0.1, -0.05) is 37.6 Å². The smallest absolute Gasteiger partial charge is 0.257 e. The van der Waals surface area contributed by atoms with E-state index < -0.39 is 21.7 Å². The third-order valence-electron chi connectivity index (χ3n) is 4.70. The summed E-state index contributed by atoms with van der Waals surface area (Å²) in [6.45, 7) is 4.09. The summed E-state index contributed by atoms with van der Waals surface area (Å²) in [5.74, 6) is -0.447. The van der Waals surface area contributed by atoms with E-state index in [0.29, 0.717) is 18.8 Å². The van der Waals surface area contributed by atoms with Gasteiger partial charge in [0, 0.05) is 13.1 Å². The van der Waals surface area contributed by atoms with Crippen molar-refractivity contribution < 1.29 is 22.3 Å². The van der Waals surface area contributed by atoms with Crippen LogP contribution in [-0.4, -0.2) is 31.7 Å². The maximum Gasteiger partial charge on any atom is 0.257 e. The second-order valence-corrected chi connectivity index (χ2v) is 9.08. The molecule has 3 rings (SSSR count). The van der Waals surface area contributed by atoms with Crippen molar-refractivity contribution in [1.82, 2.24) is 4.31 Å². The van der Waals surface area contributed by atoms with Gasteiger partial charge in [-0.25, -0.2) is 12.8 Å². The van der Waals surface area contributed by atoms with Crippen molar-refractivity contribution in [1.29, 1.82) is 0 Å². The number of sulfonamides is 1. The molecule has 0 aliphatic heterocycles. The molecule has 6 nitrogen and oxygen atoms in total. The molecule has 3 aromatic carbocycles. The highest BCUT2D eigenvalue weighted by atomic mass is 35.5. The van der Waals surface area contributed by atoms with Crippen molar-refractivity contribution in [2.24, 2.45) is 0 Å². The Bertz CT molecular complexity index is 1210. The summed E-state index contributed by atoms with van der Waals surface area (Å²) in [6.07, 6.45) is 0. The Labute approximate surface area is 191 Å². The lowest BCUT2D eigenvalue weighted by Crippen LogP contribution is -2.30. The number of nitrogens with zero attached hydrogens (tertiary/aromatic N) is 1. The Balaban J connectivity index is 2.03. The molecule has 32 heavy (non-hydrogen) atoms. The lowest BCUT2D eigenvalue weighted by molar-refractivity contribution is 0.102. The molecule has 9 heteroatoms. The molecule has 0 fully saturated rings. The Morgan fingerprint density at radius 1 is 1.03 bits per heavy atom. The second kappa shape index (κ2) is 10.1. The molecule has 0 bridgehead atoms. The molecule has 168 valence electrons. The van der Waals surface area contributed by atoms with E-state index in [0.717, 1.165) is 0 Å². The van der Waals surface area contributed by atoms with E-state index in [4.69, 9.17) is 16.3 Å². The fraction of sp³-hybridized carbons (Fsp3) is 0.174. The summed E-state index contributed by atoms with van der Waals surface area (Å²) >= 11 is 6.12. The maximum absolute atomic E-state index is 13.2. The summed E-state index contributed by atoms with van der Waals surface area (Å²) in [4.78, 5) is 12.8. The number of anilines is 1. The van der Waals surface area contributed by atoms with Crippen LogP contribution in [0.3, 0.4) is 0 Å². The van der Waals surface area contributed by atoms with E-state index in [9.17, 15) is 17.6 Å². The summed E-state index contributed by atoms with van der Waals surface area (Å²) in [5, 5.41) is 2.93. The van der Waals surface area contributed by atoms with Crippen LogP contribution in [0.5, 0.6) is 11.5 Å². The minimum atomic E-state index is -3.78. The quantitative estimate of drug-likeness (QED) is 0.462. The molecule has 0 saturated heterocycles. The number of amides is 1. The van der Waals surface area contributed by atoms with Crippen molar-refractivity contribution in [3.8, 4) is 11.5 Å². The summed E-state index contributed by atoms with van der Waals surface area (Å²) < 4.78 is 46.3. The molecule has 1 amide bonds. The third kappa shape index (κ3) is 5.27. The number of carbonyl (C=O) groups excluding carboxylic acids is 1. The second-order valence-electron chi connectivity index (χ2n) is 6.74. The molecule has 0 radical (unpaired) electrons. The number of nitrogens with one attached hydrogen (secondary N) is 1. The monoisotopic (exact) mass is 476 g/mol. The highest BCUT2D eigenvalue weighted by Crippen LogP contribution is 2.33. The van der Waals surface area contributed by atoms with Gasteiger partial charge in [0.05, 0.1) is 21.2 Å². The van der Waals surface area contributed by atoms with Crippen LogP contribution in [0.2, 0.25) is 5.02 Å². The third-order valence-corrected chi connectivity index (χ3v) is 7.08. The zero-order chi connectivity index (χ0) is 23.3. The molecule has 3 aromatic rings. The van der Waals surface area contributed by atoms with E-state index in [1.807, 2.05) is 0 Å². The van der Waals surface area contributed by atoms with Crippen molar-refractivity contribution >= 4 is 33.2 Å². The molecule has 0 atom stereocenters. The predicted octanol–water partition coefficient (Wildman–Crippen LogP) is 5.55. The van der Waals surface area contributed by atoms with Crippen LogP contribution in [0, 0.1) is 5.82 Å². The molecule has 0 heterocycles. The molecular formula is C23H22ClFN2O4S. The van der Waals surface area contributed by atoms with Crippen LogP contribution in [0.15, 0.2) is 71.6 Å². The van der Waals surface area contributed by atoms with Crippen LogP contribution < -0.4 is 10.1 Å². The van der Waals surface area contributed by atoms with Crippen LogP contribution in [0.4, 0.5) is 10.1 Å². The normalized spacial score (nSPS) is 11.4. The number of benzene rings is 3. The molecule has 0 spiro atoms. The first-order valence-electron chi connectivity index (χ1n) is 9.89. The number of hydrogen-bond donors (Lipinski definition) is 1. The van der Waals surface area contributed by atoms with Gasteiger partial charge >= 0.3 is 0 Å². The van der Waals surface area contributed by atoms with Crippen molar-refractivity contribution in [2.45, 2.75) is 18.7 Å². The topological polar surface area (TPSA) is 75.7 Å². The fourth-order valence-electron chi connectivity index (χ4n) is 3.03. The average Bonchev–Trinajstić information content (AvgIpc) is 2.77. The molecule has 0 saturated carbocycles. The number of ether oxygens (including phenoxy) is 1. The van der Waals surface area contributed by atoms with Crippen LogP contribution >= 0.6 is 11.6 Å². The van der Waals surface area contributed by atoms with Crippen molar-refractivity contribution in [2.75, 3.05) is 18.4 Å². The van der Waals surface area contributed by atoms with E-state index in [1.165, 1.54) is 46.8 Å². The lowest BCUT2D eigenvalue weighted by Gasteiger charge is -2.20.